The number of nitrogens with zero attached hydrogens (tertiary/aromatic N) is 4. The van der Waals surface area contributed by atoms with Crippen LogP contribution in [-0.2, 0) is 0 Å². The van der Waals surface area contributed by atoms with Gasteiger partial charge in [-0.25, -0.2) is 4.98 Å². The zero-order chi connectivity index (χ0) is 18.8. The summed E-state index contributed by atoms with van der Waals surface area (Å²) in [5.41, 5.74) is 2.35. The fourth-order valence-corrected chi connectivity index (χ4v) is 4.23. The standard InChI is InChI=1S/C20H20N4O2S/c1-14-18(27-19(22-14)15-6-4-5-9-21-15)20(26)24-12-10-23(11-13-24)16-7-2-3-8-17(16)25/h2-9,25H,10-13H2,1H3. The third kappa shape index (κ3) is 3.50. The Bertz CT molecular complexity index is 950. The molecule has 0 radical (unpaired) electrons. The molecule has 27 heavy (non-hydrogen) atoms. The van der Waals surface area contributed by atoms with Gasteiger partial charge in [-0.15, -0.1) is 11.3 Å². The lowest BCUT2D eigenvalue weighted by molar-refractivity contribution is 0.0750. The molecular formula is C20H20N4O2S. The number of pyridine rings is 1. The monoisotopic (exact) mass is 380 g/mol. The van der Waals surface area contributed by atoms with Gasteiger partial charge >= 0.3 is 0 Å². The van der Waals surface area contributed by atoms with Crippen molar-refractivity contribution in [3.8, 4) is 16.5 Å². The predicted molar refractivity (Wildman–Crippen MR) is 106 cm³/mol. The molecule has 1 aliphatic rings. The fraction of sp³-hybridized carbons (Fsp3) is 0.250. The van der Waals surface area contributed by atoms with Crippen molar-refractivity contribution in [3.05, 3.63) is 59.2 Å². The van der Waals surface area contributed by atoms with E-state index in [9.17, 15) is 9.90 Å². The maximum Gasteiger partial charge on any atom is 0.265 e. The first-order valence-corrected chi connectivity index (χ1v) is 9.66. The summed E-state index contributed by atoms with van der Waals surface area (Å²) < 4.78 is 0. The van der Waals surface area contributed by atoms with Gasteiger partial charge in [0.2, 0.25) is 0 Å². The Labute approximate surface area is 161 Å². The Balaban J connectivity index is 1.47. The molecule has 1 aliphatic heterocycles. The molecule has 7 heteroatoms. The molecule has 3 aromatic rings. The number of piperazine rings is 1. The summed E-state index contributed by atoms with van der Waals surface area (Å²) in [7, 11) is 0. The van der Waals surface area contributed by atoms with Crippen molar-refractivity contribution in [2.24, 2.45) is 0 Å². The molecule has 1 fully saturated rings. The minimum Gasteiger partial charge on any atom is -0.506 e. The number of benzene rings is 1. The molecule has 1 aromatic carbocycles. The maximum atomic E-state index is 13.0. The quantitative estimate of drug-likeness (QED) is 0.756. The second kappa shape index (κ2) is 7.36. The molecule has 0 unspecified atom stereocenters. The van der Waals surface area contributed by atoms with E-state index in [-0.39, 0.29) is 11.7 Å². The smallest absolute Gasteiger partial charge is 0.265 e. The van der Waals surface area contributed by atoms with Gasteiger partial charge < -0.3 is 14.9 Å². The van der Waals surface area contributed by atoms with Gasteiger partial charge in [0, 0.05) is 32.4 Å². The number of thiazole rings is 1. The number of phenols is 1. The molecule has 1 saturated heterocycles. The van der Waals surface area contributed by atoms with Crippen molar-refractivity contribution in [1.82, 2.24) is 14.9 Å². The third-order valence-corrected chi connectivity index (χ3v) is 5.83. The van der Waals surface area contributed by atoms with Crippen molar-refractivity contribution in [2.75, 3.05) is 31.1 Å². The lowest BCUT2D eigenvalue weighted by Gasteiger charge is -2.36. The fourth-order valence-electron chi connectivity index (χ4n) is 3.22. The van der Waals surface area contributed by atoms with Crippen LogP contribution in [0, 0.1) is 6.92 Å². The molecule has 6 nitrogen and oxygen atoms in total. The SMILES string of the molecule is Cc1nc(-c2ccccn2)sc1C(=O)N1CCN(c2ccccc2O)CC1. The van der Waals surface area contributed by atoms with Gasteiger partial charge in [-0.3, -0.25) is 9.78 Å². The number of anilines is 1. The minimum absolute atomic E-state index is 0.0177. The Morgan fingerprint density at radius 1 is 1.07 bits per heavy atom. The molecule has 1 amide bonds. The summed E-state index contributed by atoms with van der Waals surface area (Å²) >= 11 is 1.40. The van der Waals surface area contributed by atoms with Crippen molar-refractivity contribution >= 4 is 22.9 Å². The van der Waals surface area contributed by atoms with Crippen LogP contribution >= 0.6 is 11.3 Å². The average molecular weight is 380 g/mol. The van der Waals surface area contributed by atoms with Crippen LogP contribution in [-0.4, -0.2) is 52.1 Å². The third-order valence-electron chi connectivity index (χ3n) is 4.66. The molecule has 1 N–H and O–H groups in total. The number of aromatic hydroxyl groups is 1. The molecule has 0 saturated carbocycles. The normalized spacial score (nSPS) is 14.4. The number of hydrogen-bond acceptors (Lipinski definition) is 6. The summed E-state index contributed by atoms with van der Waals surface area (Å²) in [5.74, 6) is 0.291. The number of amides is 1. The highest BCUT2D eigenvalue weighted by Crippen LogP contribution is 2.29. The number of carbonyl (C=O) groups is 1. The highest BCUT2D eigenvalue weighted by atomic mass is 32.1. The van der Waals surface area contributed by atoms with Crippen LogP contribution in [0.3, 0.4) is 0 Å². The van der Waals surface area contributed by atoms with Gasteiger partial charge in [0.15, 0.2) is 0 Å². The van der Waals surface area contributed by atoms with E-state index in [1.807, 2.05) is 48.2 Å². The summed E-state index contributed by atoms with van der Waals surface area (Å²) in [6.07, 6.45) is 1.73. The van der Waals surface area contributed by atoms with Gasteiger partial charge in [0.1, 0.15) is 15.6 Å². The van der Waals surface area contributed by atoms with Gasteiger partial charge in [0.25, 0.3) is 5.91 Å². The molecule has 0 atom stereocenters. The Hall–Kier alpha value is -2.93. The molecule has 3 heterocycles. The van der Waals surface area contributed by atoms with Crippen LogP contribution in [0.4, 0.5) is 5.69 Å². The van der Waals surface area contributed by atoms with E-state index < -0.39 is 0 Å². The van der Waals surface area contributed by atoms with Crippen LogP contribution in [0.5, 0.6) is 5.75 Å². The lowest BCUT2D eigenvalue weighted by Crippen LogP contribution is -2.48. The van der Waals surface area contributed by atoms with Gasteiger partial charge in [-0.2, -0.15) is 0 Å². The molecule has 0 spiro atoms. The van der Waals surface area contributed by atoms with E-state index in [2.05, 4.69) is 14.9 Å². The maximum absolute atomic E-state index is 13.0. The minimum atomic E-state index is 0.0177. The lowest BCUT2D eigenvalue weighted by atomic mass is 10.2. The Morgan fingerprint density at radius 3 is 2.52 bits per heavy atom. The summed E-state index contributed by atoms with van der Waals surface area (Å²) in [6.45, 7) is 4.48. The van der Waals surface area contributed by atoms with Crippen LogP contribution in [0.15, 0.2) is 48.7 Å². The second-order valence-electron chi connectivity index (χ2n) is 6.42. The van der Waals surface area contributed by atoms with Crippen LogP contribution < -0.4 is 4.90 Å². The molecule has 2 aromatic heterocycles. The summed E-state index contributed by atoms with van der Waals surface area (Å²) in [5, 5.41) is 10.8. The van der Waals surface area contributed by atoms with Crippen LogP contribution in [0.2, 0.25) is 0 Å². The Kier molecular flexibility index (Phi) is 4.77. The van der Waals surface area contributed by atoms with E-state index in [0.29, 0.717) is 31.1 Å². The van der Waals surface area contributed by atoms with Crippen molar-refractivity contribution in [3.63, 3.8) is 0 Å². The van der Waals surface area contributed by atoms with E-state index >= 15 is 0 Å². The number of aromatic nitrogens is 2. The number of para-hydroxylation sites is 2. The van der Waals surface area contributed by atoms with Crippen molar-refractivity contribution in [1.29, 1.82) is 0 Å². The van der Waals surface area contributed by atoms with E-state index in [1.165, 1.54) is 11.3 Å². The molecule has 0 bridgehead atoms. The largest absolute Gasteiger partial charge is 0.506 e. The number of rotatable bonds is 3. The number of hydrogen-bond donors (Lipinski definition) is 1. The highest BCUT2D eigenvalue weighted by molar-refractivity contribution is 7.17. The molecular weight excluding hydrogens is 360 g/mol. The average Bonchev–Trinajstić information content (AvgIpc) is 3.10. The first-order valence-electron chi connectivity index (χ1n) is 8.84. The van der Waals surface area contributed by atoms with E-state index in [1.54, 1.807) is 12.3 Å². The van der Waals surface area contributed by atoms with Gasteiger partial charge in [-0.1, -0.05) is 18.2 Å². The highest BCUT2D eigenvalue weighted by Gasteiger charge is 2.26. The van der Waals surface area contributed by atoms with E-state index in [4.69, 9.17) is 0 Å². The topological polar surface area (TPSA) is 69.6 Å². The zero-order valence-corrected chi connectivity index (χ0v) is 15.8. The first-order chi connectivity index (χ1) is 13.1. The molecule has 4 rings (SSSR count). The van der Waals surface area contributed by atoms with Crippen molar-refractivity contribution in [2.45, 2.75) is 6.92 Å². The zero-order valence-electron chi connectivity index (χ0n) is 15.0. The second-order valence-corrected chi connectivity index (χ2v) is 7.42. The number of carbonyl (C=O) groups excluding carboxylic acids is 1. The van der Waals surface area contributed by atoms with E-state index in [0.717, 1.165) is 22.1 Å². The van der Waals surface area contributed by atoms with Crippen LogP contribution in [0.25, 0.3) is 10.7 Å². The predicted octanol–water partition coefficient (Wildman–Crippen LogP) is 3.18. The van der Waals surface area contributed by atoms with Gasteiger partial charge in [0.05, 0.1) is 17.1 Å². The van der Waals surface area contributed by atoms with Crippen LogP contribution in [0.1, 0.15) is 15.4 Å². The van der Waals surface area contributed by atoms with Gasteiger partial charge in [-0.05, 0) is 31.2 Å². The number of phenolic OH excluding ortho intramolecular Hbond substituents is 1. The number of aryl methyl sites for hydroxylation is 1. The first kappa shape index (κ1) is 17.5. The summed E-state index contributed by atoms with van der Waals surface area (Å²) in [4.78, 5) is 26.5. The molecule has 0 aliphatic carbocycles. The Morgan fingerprint density at radius 2 is 1.81 bits per heavy atom. The summed E-state index contributed by atoms with van der Waals surface area (Å²) in [6, 6.07) is 13.0. The van der Waals surface area contributed by atoms with Crippen molar-refractivity contribution < 1.29 is 9.90 Å². The molecule has 138 valence electrons.